The number of benzene rings is 3. The monoisotopic (exact) mass is 395 g/mol. The van der Waals surface area contributed by atoms with Crippen LogP contribution in [0.2, 0.25) is 0 Å². The number of anilines is 1. The molecule has 0 aliphatic heterocycles. The lowest BCUT2D eigenvalue weighted by atomic mass is 10.1. The first-order valence-electron chi connectivity index (χ1n) is 9.73. The highest BCUT2D eigenvalue weighted by molar-refractivity contribution is 6.04. The lowest BCUT2D eigenvalue weighted by Gasteiger charge is -2.11. The zero-order valence-corrected chi connectivity index (χ0v) is 16.8. The molecule has 1 N–H and O–H groups in total. The van der Waals surface area contributed by atoms with Gasteiger partial charge in [-0.3, -0.25) is 4.79 Å². The molecular weight excluding hydrogens is 374 g/mol. The molecule has 5 heteroatoms. The number of nitrogens with one attached hydrogen (secondary N) is 1. The molecule has 4 aromatic rings. The fourth-order valence-electron chi connectivity index (χ4n) is 3.73. The first kappa shape index (κ1) is 19.3. The van der Waals surface area contributed by atoms with E-state index in [1.165, 1.54) is 0 Å². The van der Waals surface area contributed by atoms with E-state index in [2.05, 4.69) is 16.0 Å². The minimum Gasteiger partial charge on any atom is -0.497 e. The molecule has 0 fully saturated rings. The van der Waals surface area contributed by atoms with Gasteiger partial charge in [0, 0.05) is 34.8 Å². The van der Waals surface area contributed by atoms with Crippen LogP contribution in [0.25, 0.3) is 22.2 Å². The summed E-state index contributed by atoms with van der Waals surface area (Å²) in [4.78, 5) is 12.5. The van der Waals surface area contributed by atoms with Crippen molar-refractivity contribution in [2.75, 3.05) is 12.4 Å². The maximum atomic E-state index is 12.5. The van der Waals surface area contributed by atoms with Crippen LogP contribution >= 0.6 is 0 Å². The third-order valence-corrected chi connectivity index (χ3v) is 5.13. The number of carbonyl (C=O) groups excluding carboxylic acids is 1. The van der Waals surface area contributed by atoms with E-state index < -0.39 is 0 Å². The number of nitrogens with zero attached hydrogens (tertiary/aromatic N) is 2. The van der Waals surface area contributed by atoms with Crippen molar-refractivity contribution >= 4 is 22.5 Å². The number of aromatic nitrogens is 1. The smallest absolute Gasteiger partial charge is 0.255 e. The summed E-state index contributed by atoms with van der Waals surface area (Å²) >= 11 is 0. The predicted molar refractivity (Wildman–Crippen MR) is 119 cm³/mol. The molecule has 0 bridgehead atoms. The van der Waals surface area contributed by atoms with Crippen molar-refractivity contribution in [2.24, 2.45) is 0 Å². The summed E-state index contributed by atoms with van der Waals surface area (Å²) in [6.07, 6.45) is 0. The van der Waals surface area contributed by atoms with Crippen molar-refractivity contribution in [3.05, 3.63) is 83.9 Å². The summed E-state index contributed by atoms with van der Waals surface area (Å²) in [6.45, 7) is 2.74. The van der Waals surface area contributed by atoms with E-state index in [9.17, 15) is 10.1 Å². The van der Waals surface area contributed by atoms with E-state index in [0.29, 0.717) is 23.4 Å². The third-order valence-electron chi connectivity index (χ3n) is 5.13. The van der Waals surface area contributed by atoms with Gasteiger partial charge in [-0.15, -0.1) is 0 Å². The summed E-state index contributed by atoms with van der Waals surface area (Å²) < 4.78 is 7.48. The standard InChI is InChI=1S/C25H21N3O2/c1-3-28-23-15-20(30-2)12-13-21(23)22(16-26)24(28)18-10-7-11-19(14-18)27-25(29)17-8-5-4-6-9-17/h4-15H,3H2,1-2H3,(H,27,29). The molecule has 0 aliphatic rings. The van der Waals surface area contributed by atoms with E-state index in [1.807, 2.05) is 67.6 Å². The molecule has 1 amide bonds. The van der Waals surface area contributed by atoms with Crippen molar-refractivity contribution in [3.63, 3.8) is 0 Å². The van der Waals surface area contributed by atoms with Gasteiger partial charge in [-0.25, -0.2) is 0 Å². The maximum Gasteiger partial charge on any atom is 0.255 e. The van der Waals surface area contributed by atoms with Gasteiger partial charge in [0.1, 0.15) is 11.8 Å². The molecule has 1 heterocycles. The van der Waals surface area contributed by atoms with E-state index >= 15 is 0 Å². The molecule has 0 unspecified atom stereocenters. The van der Waals surface area contributed by atoms with Crippen molar-refractivity contribution in [3.8, 4) is 23.1 Å². The summed E-state index contributed by atoms with van der Waals surface area (Å²) in [5, 5.41) is 13.7. The maximum absolute atomic E-state index is 12.5. The van der Waals surface area contributed by atoms with E-state index in [-0.39, 0.29) is 5.91 Å². The van der Waals surface area contributed by atoms with Crippen LogP contribution in [0.1, 0.15) is 22.8 Å². The number of ether oxygens (including phenoxy) is 1. The van der Waals surface area contributed by atoms with Crippen molar-refractivity contribution in [1.82, 2.24) is 4.57 Å². The van der Waals surface area contributed by atoms with E-state index in [1.54, 1.807) is 19.2 Å². The summed E-state index contributed by atoms with van der Waals surface area (Å²) in [5.41, 5.74) is 4.53. The second-order valence-electron chi connectivity index (χ2n) is 6.86. The van der Waals surface area contributed by atoms with Gasteiger partial charge in [0.25, 0.3) is 5.91 Å². The number of rotatable bonds is 5. The van der Waals surface area contributed by atoms with Crippen molar-refractivity contribution in [2.45, 2.75) is 13.5 Å². The third kappa shape index (κ3) is 3.40. The molecule has 0 atom stereocenters. The molecule has 0 saturated carbocycles. The summed E-state index contributed by atoms with van der Waals surface area (Å²) in [6, 6.07) is 24.8. The Morgan fingerprint density at radius 3 is 2.57 bits per heavy atom. The highest BCUT2D eigenvalue weighted by Gasteiger charge is 2.19. The van der Waals surface area contributed by atoms with Gasteiger partial charge in [-0.2, -0.15) is 5.26 Å². The molecule has 30 heavy (non-hydrogen) atoms. The molecule has 4 rings (SSSR count). The van der Waals surface area contributed by atoms with E-state index in [0.717, 1.165) is 27.9 Å². The van der Waals surface area contributed by atoms with Crippen LogP contribution in [-0.2, 0) is 6.54 Å². The summed E-state index contributed by atoms with van der Waals surface area (Å²) in [5.74, 6) is 0.573. The lowest BCUT2D eigenvalue weighted by Crippen LogP contribution is -2.11. The van der Waals surface area contributed by atoms with Gasteiger partial charge in [-0.1, -0.05) is 30.3 Å². The average molecular weight is 395 g/mol. The molecular formula is C25H21N3O2. The van der Waals surface area contributed by atoms with Crippen LogP contribution in [0.4, 0.5) is 5.69 Å². The molecule has 0 saturated heterocycles. The number of carbonyl (C=O) groups is 1. The molecule has 0 spiro atoms. The first-order chi connectivity index (χ1) is 14.7. The van der Waals surface area contributed by atoms with Gasteiger partial charge in [0.05, 0.1) is 23.9 Å². The Bertz CT molecular complexity index is 1270. The number of amides is 1. The van der Waals surface area contributed by atoms with Gasteiger partial charge in [-0.05, 0) is 43.3 Å². The number of fused-ring (bicyclic) bond motifs is 1. The van der Waals surface area contributed by atoms with Gasteiger partial charge >= 0.3 is 0 Å². The van der Waals surface area contributed by atoms with E-state index in [4.69, 9.17) is 4.74 Å². The quantitative estimate of drug-likeness (QED) is 0.488. The van der Waals surface area contributed by atoms with Crippen LogP contribution < -0.4 is 10.1 Å². The van der Waals surface area contributed by atoms with Gasteiger partial charge in [0.15, 0.2) is 0 Å². The fourth-order valence-corrected chi connectivity index (χ4v) is 3.73. The number of nitriles is 1. The Hall–Kier alpha value is -4.04. The van der Waals surface area contributed by atoms with Crippen LogP contribution in [0, 0.1) is 11.3 Å². The molecule has 148 valence electrons. The molecule has 5 nitrogen and oxygen atoms in total. The average Bonchev–Trinajstić information content (AvgIpc) is 3.12. The Morgan fingerprint density at radius 2 is 1.87 bits per heavy atom. The number of methoxy groups -OCH3 is 1. The van der Waals surface area contributed by atoms with Crippen molar-refractivity contribution < 1.29 is 9.53 Å². The highest BCUT2D eigenvalue weighted by Crippen LogP contribution is 2.36. The van der Waals surface area contributed by atoms with Gasteiger partial charge < -0.3 is 14.6 Å². The predicted octanol–water partition coefficient (Wildman–Crippen LogP) is 5.46. The second kappa shape index (κ2) is 8.14. The topological polar surface area (TPSA) is 67.0 Å². The minimum absolute atomic E-state index is 0.172. The Morgan fingerprint density at radius 1 is 1.07 bits per heavy atom. The first-order valence-corrected chi connectivity index (χ1v) is 9.73. The zero-order chi connectivity index (χ0) is 21.1. The Kier molecular flexibility index (Phi) is 5.23. The zero-order valence-electron chi connectivity index (χ0n) is 16.8. The van der Waals surface area contributed by atoms with Crippen LogP contribution in [0.15, 0.2) is 72.8 Å². The largest absolute Gasteiger partial charge is 0.497 e. The van der Waals surface area contributed by atoms with Crippen LogP contribution in [0.3, 0.4) is 0 Å². The highest BCUT2D eigenvalue weighted by atomic mass is 16.5. The van der Waals surface area contributed by atoms with Crippen LogP contribution in [0.5, 0.6) is 5.75 Å². The second-order valence-corrected chi connectivity index (χ2v) is 6.86. The van der Waals surface area contributed by atoms with Crippen molar-refractivity contribution in [1.29, 1.82) is 5.26 Å². The molecule has 0 aliphatic carbocycles. The normalized spacial score (nSPS) is 10.6. The Balaban J connectivity index is 1.80. The molecule has 0 radical (unpaired) electrons. The minimum atomic E-state index is -0.172. The van der Waals surface area contributed by atoms with Crippen LogP contribution in [-0.4, -0.2) is 17.6 Å². The number of aryl methyl sites for hydroxylation is 1. The lowest BCUT2D eigenvalue weighted by molar-refractivity contribution is 0.102. The number of hydrogen-bond acceptors (Lipinski definition) is 3. The fraction of sp³-hybridized carbons (Fsp3) is 0.120. The summed E-state index contributed by atoms with van der Waals surface area (Å²) in [7, 11) is 1.63. The SMILES string of the molecule is CCn1c(-c2cccc(NC(=O)c3ccccc3)c2)c(C#N)c2ccc(OC)cc21. The molecule has 1 aromatic heterocycles. The molecule has 3 aromatic carbocycles. The van der Waals surface area contributed by atoms with Gasteiger partial charge in [0.2, 0.25) is 0 Å². The number of hydrogen-bond donors (Lipinski definition) is 1. The Labute approximate surface area is 175 Å².